The third-order valence-corrected chi connectivity index (χ3v) is 3.72. The van der Waals surface area contributed by atoms with Crippen LogP contribution in [0.25, 0.3) is 0 Å². The number of hydrogen-bond acceptors (Lipinski definition) is 4. The van der Waals surface area contributed by atoms with Crippen molar-refractivity contribution >= 4 is 11.6 Å². The fourth-order valence-corrected chi connectivity index (χ4v) is 2.54. The van der Waals surface area contributed by atoms with Crippen molar-refractivity contribution in [1.82, 2.24) is 4.90 Å². The van der Waals surface area contributed by atoms with E-state index >= 15 is 0 Å². The maximum Gasteiger partial charge on any atom is 0.416 e. The Bertz CT molecular complexity index is 541. The summed E-state index contributed by atoms with van der Waals surface area (Å²) in [4.78, 5) is 15.4. The lowest BCUT2D eigenvalue weighted by Crippen LogP contribution is -2.47. The number of β-amino-alcohol motifs (C(OH)–C–C–N with tert-alkyl or cyclic N) is 1. The quantitative estimate of drug-likeness (QED) is 0.866. The van der Waals surface area contributed by atoms with Gasteiger partial charge in [0, 0.05) is 38.4 Å². The highest BCUT2D eigenvalue weighted by Gasteiger charge is 2.32. The summed E-state index contributed by atoms with van der Waals surface area (Å²) in [5.74, 6) is -0.876. The van der Waals surface area contributed by atoms with Gasteiger partial charge in [0.25, 0.3) is 5.91 Å². The lowest BCUT2D eigenvalue weighted by molar-refractivity contribution is -0.137. The molecule has 22 heavy (non-hydrogen) atoms. The largest absolute Gasteiger partial charge is 0.416 e. The zero-order chi connectivity index (χ0) is 16.3. The third kappa shape index (κ3) is 3.69. The van der Waals surface area contributed by atoms with Crippen molar-refractivity contribution in [2.24, 2.45) is 5.73 Å². The first-order valence-electron chi connectivity index (χ1n) is 6.92. The maximum absolute atomic E-state index is 12.7. The van der Waals surface area contributed by atoms with Crippen LogP contribution in [0, 0.1) is 0 Å². The number of nitrogens with two attached hydrogens (primary N) is 1. The van der Waals surface area contributed by atoms with Gasteiger partial charge in [-0.05, 0) is 18.2 Å². The predicted molar refractivity (Wildman–Crippen MR) is 75.7 cm³/mol. The van der Waals surface area contributed by atoms with Gasteiger partial charge in [-0.3, -0.25) is 9.69 Å². The number of anilines is 1. The van der Waals surface area contributed by atoms with E-state index in [1.165, 1.54) is 6.07 Å². The van der Waals surface area contributed by atoms with Gasteiger partial charge in [0.1, 0.15) is 0 Å². The van der Waals surface area contributed by atoms with Gasteiger partial charge in [-0.25, -0.2) is 0 Å². The Hall–Kier alpha value is -1.80. The fourth-order valence-electron chi connectivity index (χ4n) is 2.54. The average Bonchev–Trinajstić information content (AvgIpc) is 2.47. The molecule has 1 aromatic carbocycles. The minimum Gasteiger partial charge on any atom is -0.395 e. The van der Waals surface area contributed by atoms with E-state index < -0.39 is 17.6 Å². The van der Waals surface area contributed by atoms with E-state index in [2.05, 4.69) is 0 Å². The Morgan fingerprint density at radius 3 is 2.36 bits per heavy atom. The predicted octanol–water partition coefficient (Wildman–Crippen LogP) is 0.919. The molecule has 0 radical (unpaired) electrons. The van der Waals surface area contributed by atoms with E-state index in [1.807, 2.05) is 9.80 Å². The van der Waals surface area contributed by atoms with Crippen LogP contribution >= 0.6 is 0 Å². The number of rotatable bonds is 4. The molecule has 0 saturated carbocycles. The number of primary amides is 1. The summed E-state index contributed by atoms with van der Waals surface area (Å²) < 4.78 is 38.2. The van der Waals surface area contributed by atoms with Crippen LogP contribution in [0.15, 0.2) is 18.2 Å². The van der Waals surface area contributed by atoms with Gasteiger partial charge >= 0.3 is 6.18 Å². The molecule has 0 unspecified atom stereocenters. The van der Waals surface area contributed by atoms with Crippen molar-refractivity contribution in [1.29, 1.82) is 0 Å². The average molecular weight is 317 g/mol. The first-order valence-corrected chi connectivity index (χ1v) is 6.92. The summed E-state index contributed by atoms with van der Waals surface area (Å²) in [6, 6.07) is 3.06. The maximum atomic E-state index is 12.7. The second-order valence-electron chi connectivity index (χ2n) is 5.15. The van der Waals surface area contributed by atoms with Gasteiger partial charge in [-0.1, -0.05) is 0 Å². The fraction of sp³-hybridized carbons (Fsp3) is 0.500. The number of aliphatic hydroxyl groups is 1. The van der Waals surface area contributed by atoms with Gasteiger partial charge in [0.2, 0.25) is 0 Å². The molecule has 1 saturated heterocycles. The Labute approximate surface area is 126 Å². The molecule has 1 aromatic rings. The molecule has 0 aliphatic carbocycles. The van der Waals surface area contributed by atoms with Crippen LogP contribution in [-0.4, -0.2) is 55.2 Å². The number of benzene rings is 1. The minimum atomic E-state index is -4.51. The molecule has 3 N–H and O–H groups in total. The topological polar surface area (TPSA) is 69.8 Å². The zero-order valence-corrected chi connectivity index (χ0v) is 11.9. The highest BCUT2D eigenvalue weighted by molar-refractivity contribution is 5.99. The van der Waals surface area contributed by atoms with Crippen molar-refractivity contribution in [2.75, 3.05) is 44.2 Å². The molecule has 8 heteroatoms. The van der Waals surface area contributed by atoms with Gasteiger partial charge in [0.05, 0.1) is 17.7 Å². The summed E-state index contributed by atoms with van der Waals surface area (Å²) in [5, 5.41) is 8.90. The molecule has 0 aromatic heterocycles. The molecule has 1 aliphatic rings. The molecule has 1 amide bonds. The number of halogens is 3. The van der Waals surface area contributed by atoms with Gasteiger partial charge < -0.3 is 15.7 Å². The monoisotopic (exact) mass is 317 g/mol. The van der Waals surface area contributed by atoms with Crippen LogP contribution in [-0.2, 0) is 6.18 Å². The standard InChI is InChI=1S/C14H18F3N3O2/c15-14(16,17)10-1-2-12(11(9-10)13(18)22)20-5-3-19(4-6-20)7-8-21/h1-2,9,21H,3-8H2,(H2,18,22). The van der Waals surface area contributed by atoms with Crippen molar-refractivity contribution < 1.29 is 23.1 Å². The Morgan fingerprint density at radius 1 is 1.23 bits per heavy atom. The molecule has 0 spiro atoms. The number of carbonyl (C=O) groups is 1. The first-order chi connectivity index (χ1) is 10.3. The lowest BCUT2D eigenvalue weighted by Gasteiger charge is -2.36. The Kier molecular flexibility index (Phi) is 4.92. The molecule has 1 aliphatic heterocycles. The van der Waals surface area contributed by atoms with E-state index in [4.69, 9.17) is 10.8 Å². The van der Waals surface area contributed by atoms with Gasteiger partial charge in [-0.15, -0.1) is 0 Å². The Balaban J connectivity index is 2.23. The van der Waals surface area contributed by atoms with E-state index in [0.29, 0.717) is 38.4 Å². The van der Waals surface area contributed by atoms with Gasteiger partial charge in [0.15, 0.2) is 0 Å². The summed E-state index contributed by atoms with van der Waals surface area (Å²) in [5.41, 5.74) is 4.65. The van der Waals surface area contributed by atoms with Crippen LogP contribution in [0.4, 0.5) is 18.9 Å². The van der Waals surface area contributed by atoms with Crippen LogP contribution in [0.1, 0.15) is 15.9 Å². The number of aliphatic hydroxyl groups excluding tert-OH is 1. The number of hydrogen-bond donors (Lipinski definition) is 2. The highest BCUT2D eigenvalue weighted by Crippen LogP contribution is 2.33. The number of piperazine rings is 1. The third-order valence-electron chi connectivity index (χ3n) is 3.72. The van der Waals surface area contributed by atoms with Gasteiger partial charge in [-0.2, -0.15) is 13.2 Å². The van der Waals surface area contributed by atoms with E-state index in [-0.39, 0.29) is 12.2 Å². The zero-order valence-electron chi connectivity index (χ0n) is 11.9. The number of amides is 1. The summed E-state index contributed by atoms with van der Waals surface area (Å²) >= 11 is 0. The SMILES string of the molecule is NC(=O)c1cc(C(F)(F)F)ccc1N1CCN(CCO)CC1. The molecular formula is C14H18F3N3O2. The second kappa shape index (κ2) is 6.53. The van der Waals surface area contributed by atoms with Crippen molar-refractivity contribution in [3.63, 3.8) is 0 Å². The van der Waals surface area contributed by atoms with Crippen LogP contribution in [0.3, 0.4) is 0 Å². The normalized spacial score (nSPS) is 16.8. The molecular weight excluding hydrogens is 299 g/mol. The smallest absolute Gasteiger partial charge is 0.395 e. The van der Waals surface area contributed by atoms with Crippen molar-refractivity contribution in [2.45, 2.75) is 6.18 Å². The number of nitrogens with zero attached hydrogens (tertiary/aromatic N) is 2. The minimum absolute atomic E-state index is 0.0623. The number of alkyl halides is 3. The summed E-state index contributed by atoms with van der Waals surface area (Å²) in [6.07, 6.45) is -4.51. The van der Waals surface area contributed by atoms with E-state index in [1.54, 1.807) is 0 Å². The van der Waals surface area contributed by atoms with Crippen LogP contribution in [0.2, 0.25) is 0 Å². The Morgan fingerprint density at radius 2 is 1.86 bits per heavy atom. The second-order valence-corrected chi connectivity index (χ2v) is 5.15. The molecule has 122 valence electrons. The highest BCUT2D eigenvalue weighted by atomic mass is 19.4. The molecule has 1 fully saturated rings. The van der Waals surface area contributed by atoms with Crippen molar-refractivity contribution in [3.8, 4) is 0 Å². The summed E-state index contributed by atoms with van der Waals surface area (Å²) in [6.45, 7) is 3.08. The lowest BCUT2D eigenvalue weighted by atomic mass is 10.1. The molecule has 0 atom stereocenters. The van der Waals surface area contributed by atoms with Crippen LogP contribution < -0.4 is 10.6 Å². The molecule has 2 rings (SSSR count). The molecule has 1 heterocycles. The summed E-state index contributed by atoms with van der Waals surface area (Å²) in [7, 11) is 0. The van der Waals surface area contributed by atoms with Crippen molar-refractivity contribution in [3.05, 3.63) is 29.3 Å². The molecule has 5 nitrogen and oxygen atoms in total. The van der Waals surface area contributed by atoms with E-state index in [9.17, 15) is 18.0 Å². The first kappa shape index (κ1) is 16.6. The van der Waals surface area contributed by atoms with Crippen LogP contribution in [0.5, 0.6) is 0 Å². The van der Waals surface area contributed by atoms with E-state index in [0.717, 1.165) is 12.1 Å². The number of carbonyl (C=O) groups excluding carboxylic acids is 1. The molecule has 0 bridgehead atoms.